The van der Waals surface area contributed by atoms with E-state index in [0.29, 0.717) is 13.0 Å². The number of esters is 1. The molecule has 104 valence electrons. The summed E-state index contributed by atoms with van der Waals surface area (Å²) in [6, 6.07) is -1.07. The van der Waals surface area contributed by atoms with Gasteiger partial charge in [-0.15, -0.1) is 0 Å². The third-order valence-electron chi connectivity index (χ3n) is 3.39. The van der Waals surface area contributed by atoms with Crippen molar-refractivity contribution < 1.29 is 19.4 Å². The van der Waals surface area contributed by atoms with Gasteiger partial charge >= 0.3 is 5.97 Å². The highest BCUT2D eigenvalue weighted by Crippen LogP contribution is 2.11. The van der Waals surface area contributed by atoms with Crippen LogP contribution in [0.25, 0.3) is 0 Å². The number of aliphatic hydroxyl groups is 1. The number of hydrogen-bond donors (Lipinski definition) is 3. The van der Waals surface area contributed by atoms with Crippen molar-refractivity contribution in [1.29, 1.82) is 0 Å². The molecule has 0 aliphatic carbocycles. The van der Waals surface area contributed by atoms with E-state index in [-0.39, 0.29) is 11.8 Å². The predicted molar refractivity (Wildman–Crippen MR) is 65.8 cm³/mol. The van der Waals surface area contributed by atoms with Gasteiger partial charge in [-0.1, -0.05) is 20.3 Å². The Morgan fingerprint density at radius 2 is 2.22 bits per heavy atom. The van der Waals surface area contributed by atoms with Gasteiger partial charge in [0.05, 0.1) is 19.3 Å². The van der Waals surface area contributed by atoms with Crippen molar-refractivity contribution in [2.24, 2.45) is 5.92 Å². The van der Waals surface area contributed by atoms with E-state index in [1.165, 1.54) is 7.11 Å². The van der Waals surface area contributed by atoms with E-state index in [2.05, 4.69) is 10.6 Å². The van der Waals surface area contributed by atoms with Crippen LogP contribution in [-0.2, 0) is 14.3 Å². The fourth-order valence-corrected chi connectivity index (χ4v) is 1.97. The van der Waals surface area contributed by atoms with E-state index in [1.54, 1.807) is 0 Å². The van der Waals surface area contributed by atoms with Crippen LogP contribution in [-0.4, -0.2) is 48.8 Å². The number of ether oxygens (including phenoxy) is 1. The first-order chi connectivity index (χ1) is 8.49. The van der Waals surface area contributed by atoms with Crippen LogP contribution in [0, 0.1) is 5.92 Å². The van der Waals surface area contributed by atoms with Crippen LogP contribution in [0.15, 0.2) is 0 Å². The van der Waals surface area contributed by atoms with Gasteiger partial charge in [0.1, 0.15) is 6.04 Å². The number of β-amino-alcohol motifs (C(OH)–C–C–N with tert-alkyl or cyclic N) is 1. The summed E-state index contributed by atoms with van der Waals surface area (Å²) in [4.78, 5) is 23.6. The summed E-state index contributed by atoms with van der Waals surface area (Å²) in [5.41, 5.74) is 0. The lowest BCUT2D eigenvalue weighted by Gasteiger charge is -2.23. The summed E-state index contributed by atoms with van der Waals surface area (Å²) in [7, 11) is 1.31. The molecule has 0 aromatic rings. The summed E-state index contributed by atoms with van der Waals surface area (Å²) in [5, 5.41) is 15.0. The fourth-order valence-electron chi connectivity index (χ4n) is 1.97. The molecule has 18 heavy (non-hydrogen) atoms. The van der Waals surface area contributed by atoms with E-state index in [9.17, 15) is 14.7 Å². The largest absolute Gasteiger partial charge is 0.467 e. The monoisotopic (exact) mass is 258 g/mol. The van der Waals surface area contributed by atoms with E-state index in [4.69, 9.17) is 4.74 Å². The standard InChI is InChI=1S/C12H22N2O4/c1-4-7(2)10(12(17)18-3)14-11(16)9-5-8(15)6-13-9/h7-10,13,15H,4-6H2,1-3H3,(H,14,16). The second-order valence-electron chi connectivity index (χ2n) is 4.75. The zero-order valence-corrected chi connectivity index (χ0v) is 11.1. The van der Waals surface area contributed by atoms with E-state index in [0.717, 1.165) is 6.42 Å². The third kappa shape index (κ3) is 3.68. The molecule has 0 aromatic heterocycles. The maximum absolute atomic E-state index is 11.9. The van der Waals surface area contributed by atoms with E-state index >= 15 is 0 Å². The van der Waals surface area contributed by atoms with Crippen molar-refractivity contribution >= 4 is 11.9 Å². The summed E-state index contributed by atoms with van der Waals surface area (Å²) < 4.78 is 4.70. The molecule has 0 spiro atoms. The number of nitrogens with one attached hydrogen (secondary N) is 2. The fraction of sp³-hybridized carbons (Fsp3) is 0.833. The molecule has 1 amide bonds. The molecule has 0 bridgehead atoms. The van der Waals surface area contributed by atoms with Crippen molar-refractivity contribution in [3.05, 3.63) is 0 Å². The molecule has 1 aliphatic rings. The lowest BCUT2D eigenvalue weighted by Crippen LogP contribution is -2.51. The SMILES string of the molecule is CCC(C)C(NC(=O)C1CC(O)CN1)C(=O)OC. The molecule has 1 saturated heterocycles. The average molecular weight is 258 g/mol. The van der Waals surface area contributed by atoms with Crippen LogP contribution in [0.5, 0.6) is 0 Å². The lowest BCUT2D eigenvalue weighted by atomic mass is 9.98. The molecule has 0 saturated carbocycles. The van der Waals surface area contributed by atoms with Crippen LogP contribution < -0.4 is 10.6 Å². The number of carbonyl (C=O) groups excluding carboxylic acids is 2. The Morgan fingerprint density at radius 3 is 2.67 bits per heavy atom. The van der Waals surface area contributed by atoms with Crippen molar-refractivity contribution in [1.82, 2.24) is 10.6 Å². The maximum atomic E-state index is 11.9. The second-order valence-corrected chi connectivity index (χ2v) is 4.75. The van der Waals surface area contributed by atoms with Crippen molar-refractivity contribution in [3.8, 4) is 0 Å². The van der Waals surface area contributed by atoms with Crippen LogP contribution in [0.1, 0.15) is 26.7 Å². The Bertz CT molecular complexity index is 308. The first kappa shape index (κ1) is 14.9. The summed E-state index contributed by atoms with van der Waals surface area (Å²) in [6.07, 6.45) is 0.641. The predicted octanol–water partition coefficient (Wildman–Crippen LogP) is -0.587. The summed E-state index contributed by atoms with van der Waals surface area (Å²) in [5.74, 6) is -0.689. The smallest absolute Gasteiger partial charge is 0.328 e. The zero-order valence-electron chi connectivity index (χ0n) is 11.1. The number of carbonyl (C=O) groups is 2. The summed E-state index contributed by atoms with van der Waals surface area (Å²) >= 11 is 0. The lowest BCUT2D eigenvalue weighted by molar-refractivity contribution is -0.146. The molecule has 0 radical (unpaired) electrons. The van der Waals surface area contributed by atoms with Gasteiger partial charge in [0.15, 0.2) is 0 Å². The van der Waals surface area contributed by atoms with Crippen molar-refractivity contribution in [2.75, 3.05) is 13.7 Å². The Labute approximate surface area is 107 Å². The quantitative estimate of drug-likeness (QED) is 0.574. The minimum Gasteiger partial charge on any atom is -0.467 e. The molecule has 1 rings (SSSR count). The highest BCUT2D eigenvalue weighted by atomic mass is 16.5. The van der Waals surface area contributed by atoms with E-state index in [1.807, 2.05) is 13.8 Å². The van der Waals surface area contributed by atoms with Crippen LogP contribution >= 0.6 is 0 Å². The minimum atomic E-state index is -0.632. The molecule has 6 nitrogen and oxygen atoms in total. The van der Waals surface area contributed by atoms with Gasteiger partial charge in [0.2, 0.25) is 5.91 Å². The average Bonchev–Trinajstić information content (AvgIpc) is 2.80. The van der Waals surface area contributed by atoms with Crippen LogP contribution in [0.4, 0.5) is 0 Å². The molecule has 1 fully saturated rings. The molecular weight excluding hydrogens is 236 g/mol. The molecule has 0 aromatic carbocycles. The summed E-state index contributed by atoms with van der Waals surface area (Å²) in [6.45, 7) is 4.24. The first-order valence-electron chi connectivity index (χ1n) is 6.29. The molecular formula is C12H22N2O4. The highest BCUT2D eigenvalue weighted by Gasteiger charge is 2.33. The number of amides is 1. The Kier molecular flexibility index (Phi) is 5.55. The molecule has 4 atom stereocenters. The van der Waals surface area contributed by atoms with Gasteiger partial charge in [0, 0.05) is 6.54 Å². The Hall–Kier alpha value is -1.14. The maximum Gasteiger partial charge on any atom is 0.328 e. The minimum absolute atomic E-state index is 0.00715. The Balaban J connectivity index is 2.60. The van der Waals surface area contributed by atoms with E-state index < -0.39 is 24.2 Å². The number of aliphatic hydroxyl groups excluding tert-OH is 1. The normalized spacial score (nSPS) is 26.4. The number of rotatable bonds is 5. The van der Waals surface area contributed by atoms with Gasteiger partial charge in [-0.05, 0) is 12.3 Å². The second kappa shape index (κ2) is 6.70. The third-order valence-corrected chi connectivity index (χ3v) is 3.39. The van der Waals surface area contributed by atoms with Crippen molar-refractivity contribution in [3.63, 3.8) is 0 Å². The molecule has 6 heteroatoms. The number of hydrogen-bond acceptors (Lipinski definition) is 5. The van der Waals surface area contributed by atoms with Gasteiger partial charge in [0.25, 0.3) is 0 Å². The van der Waals surface area contributed by atoms with Gasteiger partial charge in [-0.25, -0.2) is 4.79 Å². The Morgan fingerprint density at radius 1 is 1.56 bits per heavy atom. The topological polar surface area (TPSA) is 87.7 Å². The molecule has 1 aliphatic heterocycles. The van der Waals surface area contributed by atoms with Gasteiger partial charge < -0.3 is 20.5 Å². The molecule has 3 N–H and O–H groups in total. The van der Waals surface area contributed by atoms with Crippen LogP contribution in [0.2, 0.25) is 0 Å². The van der Waals surface area contributed by atoms with Crippen molar-refractivity contribution in [2.45, 2.75) is 44.9 Å². The number of methoxy groups -OCH3 is 1. The highest BCUT2D eigenvalue weighted by molar-refractivity contribution is 5.87. The zero-order chi connectivity index (χ0) is 13.7. The first-order valence-corrected chi connectivity index (χ1v) is 6.29. The molecule has 1 heterocycles. The van der Waals surface area contributed by atoms with Gasteiger partial charge in [-0.2, -0.15) is 0 Å². The van der Waals surface area contributed by atoms with Gasteiger partial charge in [-0.3, -0.25) is 4.79 Å². The van der Waals surface area contributed by atoms with Crippen LogP contribution in [0.3, 0.4) is 0 Å². The molecule has 4 unspecified atom stereocenters.